The van der Waals surface area contributed by atoms with E-state index >= 15 is 0 Å². The summed E-state index contributed by atoms with van der Waals surface area (Å²) in [4.78, 5) is 24.8. The Hall–Kier alpha value is -2.90. The van der Waals surface area contributed by atoms with E-state index in [2.05, 4.69) is 5.32 Å². The number of carbonyl (C=O) groups is 2. The number of aromatic carboxylic acids is 1. The van der Waals surface area contributed by atoms with Crippen LogP contribution in [0.1, 0.15) is 71.7 Å². The molecular formula is C28H33NO6. The maximum atomic E-state index is 13.2. The van der Waals surface area contributed by atoms with Crippen LogP contribution in [0.15, 0.2) is 42.5 Å². The zero-order chi connectivity index (χ0) is 24.6. The Kier molecular flexibility index (Phi) is 6.55. The van der Waals surface area contributed by atoms with Gasteiger partial charge in [-0.05, 0) is 98.9 Å². The van der Waals surface area contributed by atoms with Crippen molar-refractivity contribution in [3.05, 3.63) is 59.2 Å². The zero-order valence-corrected chi connectivity index (χ0v) is 20.3. The molecule has 0 heterocycles. The van der Waals surface area contributed by atoms with Gasteiger partial charge in [-0.3, -0.25) is 4.79 Å². The van der Waals surface area contributed by atoms with E-state index in [4.69, 9.17) is 14.2 Å². The molecule has 0 radical (unpaired) electrons. The summed E-state index contributed by atoms with van der Waals surface area (Å²) in [7, 11) is 1.58. The lowest BCUT2D eigenvalue weighted by atomic mass is 9.48. The number of benzene rings is 2. The summed E-state index contributed by atoms with van der Waals surface area (Å²) in [5.74, 6) is 1.54. The topological polar surface area (TPSA) is 94.1 Å². The van der Waals surface area contributed by atoms with Gasteiger partial charge in [-0.25, -0.2) is 4.79 Å². The summed E-state index contributed by atoms with van der Waals surface area (Å²) in [5.41, 5.74) is 1.92. The van der Waals surface area contributed by atoms with Crippen LogP contribution >= 0.6 is 0 Å². The number of amides is 1. The van der Waals surface area contributed by atoms with Crippen molar-refractivity contribution in [1.29, 1.82) is 0 Å². The predicted octanol–water partition coefficient (Wildman–Crippen LogP) is 5.45. The molecule has 6 rings (SSSR count). The normalized spacial score (nSPS) is 27.4. The molecule has 1 unspecified atom stereocenters. The molecule has 0 aliphatic heterocycles. The van der Waals surface area contributed by atoms with Crippen molar-refractivity contribution >= 4 is 17.6 Å². The molecule has 0 spiro atoms. The van der Waals surface area contributed by atoms with Crippen LogP contribution in [0, 0.1) is 17.8 Å². The van der Waals surface area contributed by atoms with Crippen molar-refractivity contribution in [2.24, 2.45) is 17.8 Å². The Labute approximate surface area is 205 Å². The third-order valence-electron chi connectivity index (χ3n) is 8.11. The van der Waals surface area contributed by atoms with Crippen LogP contribution in [0.3, 0.4) is 0 Å². The highest BCUT2D eigenvalue weighted by molar-refractivity contribution is 6.07. The summed E-state index contributed by atoms with van der Waals surface area (Å²) >= 11 is 0. The molecule has 2 N–H and O–H groups in total. The number of rotatable bonds is 9. The average molecular weight is 480 g/mol. The second kappa shape index (κ2) is 9.63. The number of para-hydroxylation sites is 1. The van der Waals surface area contributed by atoms with Crippen LogP contribution in [-0.2, 0) is 14.9 Å². The standard InChI is InChI=1S/C28H33NO6/c1-17(33-2)34-16-35-25-8-7-21(26(30)29-24-6-4-3-5-22(24)27(31)32)12-23(25)28-13-18-9-19(14-28)11-20(10-18)15-28/h3-8,12,17-20H,9-11,13-16H2,1-2H3,(H,29,30)(H,31,32). The first-order valence-electron chi connectivity index (χ1n) is 12.4. The summed E-state index contributed by atoms with van der Waals surface area (Å²) in [5, 5.41) is 12.3. The smallest absolute Gasteiger partial charge is 0.337 e. The molecule has 1 atom stereocenters. The number of hydrogen-bond donors (Lipinski definition) is 2. The van der Waals surface area contributed by atoms with Gasteiger partial charge >= 0.3 is 5.97 Å². The number of nitrogens with one attached hydrogen (secondary N) is 1. The van der Waals surface area contributed by atoms with Crippen LogP contribution in [0.2, 0.25) is 0 Å². The fourth-order valence-electron chi connectivity index (χ4n) is 6.89. The highest BCUT2D eigenvalue weighted by atomic mass is 16.7. The van der Waals surface area contributed by atoms with Crippen LogP contribution in [0.4, 0.5) is 5.69 Å². The third-order valence-corrected chi connectivity index (χ3v) is 8.11. The van der Waals surface area contributed by atoms with Crippen LogP contribution in [0.5, 0.6) is 5.75 Å². The Morgan fingerprint density at radius 3 is 2.34 bits per heavy atom. The van der Waals surface area contributed by atoms with Gasteiger partial charge in [0.15, 0.2) is 13.1 Å². The van der Waals surface area contributed by atoms with Gasteiger partial charge in [0.05, 0.1) is 11.3 Å². The van der Waals surface area contributed by atoms with E-state index in [1.165, 1.54) is 25.3 Å². The maximum Gasteiger partial charge on any atom is 0.337 e. The van der Waals surface area contributed by atoms with Crippen molar-refractivity contribution < 1.29 is 28.9 Å². The number of carboxylic acids is 1. The number of hydrogen-bond acceptors (Lipinski definition) is 5. The minimum atomic E-state index is -1.08. The second-order valence-electron chi connectivity index (χ2n) is 10.4. The molecule has 7 nitrogen and oxygen atoms in total. The molecule has 4 aliphatic rings. The van der Waals surface area contributed by atoms with Gasteiger partial charge < -0.3 is 24.6 Å². The van der Waals surface area contributed by atoms with Gasteiger partial charge in [0, 0.05) is 18.2 Å². The van der Waals surface area contributed by atoms with Gasteiger partial charge in [-0.2, -0.15) is 0 Å². The molecule has 7 heteroatoms. The van der Waals surface area contributed by atoms with Crippen molar-refractivity contribution in [3.8, 4) is 5.75 Å². The molecule has 4 bridgehead atoms. The Balaban J connectivity index is 1.45. The Morgan fingerprint density at radius 1 is 1.06 bits per heavy atom. The van der Waals surface area contributed by atoms with Crippen molar-refractivity contribution in [2.45, 2.75) is 57.2 Å². The first-order chi connectivity index (χ1) is 16.9. The average Bonchev–Trinajstić information content (AvgIpc) is 2.83. The lowest BCUT2D eigenvalue weighted by molar-refractivity contribution is -0.150. The van der Waals surface area contributed by atoms with Crippen LogP contribution in [0.25, 0.3) is 0 Å². The quantitative estimate of drug-likeness (QED) is 0.465. The monoisotopic (exact) mass is 479 g/mol. The van der Waals surface area contributed by atoms with Gasteiger partial charge in [0.1, 0.15) is 5.75 Å². The SMILES string of the molecule is COC(C)OCOc1ccc(C(=O)Nc2ccccc2C(=O)O)cc1C12CC3CC(CC(C3)C1)C2. The largest absolute Gasteiger partial charge is 0.478 e. The van der Waals surface area contributed by atoms with Crippen LogP contribution < -0.4 is 10.1 Å². The van der Waals surface area contributed by atoms with Gasteiger partial charge in [-0.1, -0.05) is 12.1 Å². The number of ether oxygens (including phenoxy) is 3. The second-order valence-corrected chi connectivity index (χ2v) is 10.4. The van der Waals surface area contributed by atoms with Crippen molar-refractivity contribution in [2.75, 3.05) is 19.2 Å². The van der Waals surface area contributed by atoms with Crippen LogP contribution in [-0.4, -0.2) is 37.2 Å². The molecule has 4 saturated carbocycles. The molecule has 0 saturated heterocycles. The number of methoxy groups -OCH3 is 1. The van der Waals surface area contributed by atoms with E-state index in [9.17, 15) is 14.7 Å². The lowest BCUT2D eigenvalue weighted by Gasteiger charge is -2.57. The molecule has 35 heavy (non-hydrogen) atoms. The molecule has 186 valence electrons. The summed E-state index contributed by atoms with van der Waals surface area (Å²) in [6.07, 6.45) is 6.94. The maximum absolute atomic E-state index is 13.2. The zero-order valence-electron chi connectivity index (χ0n) is 20.3. The van der Waals surface area contributed by atoms with Gasteiger partial charge in [-0.15, -0.1) is 0 Å². The number of carbonyl (C=O) groups excluding carboxylic acids is 1. The van der Waals surface area contributed by atoms with Gasteiger partial charge in [0.2, 0.25) is 0 Å². The number of carboxylic acid groups (broad SMARTS) is 1. The number of anilines is 1. The van der Waals surface area contributed by atoms with E-state index in [0.717, 1.165) is 48.3 Å². The molecule has 2 aromatic rings. The molecule has 4 fully saturated rings. The van der Waals surface area contributed by atoms with Crippen molar-refractivity contribution in [1.82, 2.24) is 0 Å². The first kappa shape index (κ1) is 23.8. The molecule has 2 aromatic carbocycles. The summed E-state index contributed by atoms with van der Waals surface area (Å²) in [6, 6.07) is 12.0. The van der Waals surface area contributed by atoms with E-state index in [1.807, 2.05) is 19.1 Å². The minimum absolute atomic E-state index is 0.00617. The third kappa shape index (κ3) is 4.80. The predicted molar refractivity (Wildman–Crippen MR) is 131 cm³/mol. The van der Waals surface area contributed by atoms with E-state index in [-0.39, 0.29) is 35.7 Å². The Morgan fingerprint density at radius 2 is 1.71 bits per heavy atom. The highest BCUT2D eigenvalue weighted by Crippen LogP contribution is 2.62. The molecule has 4 aliphatic carbocycles. The Bertz CT molecular complexity index is 1080. The summed E-state index contributed by atoms with van der Waals surface area (Å²) in [6.45, 7) is 1.87. The molecule has 0 aromatic heterocycles. The van der Waals surface area contributed by atoms with Gasteiger partial charge in [0.25, 0.3) is 5.91 Å². The van der Waals surface area contributed by atoms with E-state index in [1.54, 1.807) is 31.4 Å². The highest BCUT2D eigenvalue weighted by Gasteiger charge is 2.52. The van der Waals surface area contributed by atoms with Crippen molar-refractivity contribution in [3.63, 3.8) is 0 Å². The fraction of sp³-hybridized carbons (Fsp3) is 0.500. The molecular weight excluding hydrogens is 446 g/mol. The lowest BCUT2D eigenvalue weighted by Crippen LogP contribution is -2.48. The summed E-state index contributed by atoms with van der Waals surface area (Å²) < 4.78 is 16.8. The first-order valence-corrected chi connectivity index (χ1v) is 12.4. The van der Waals surface area contributed by atoms with E-state index < -0.39 is 5.97 Å². The minimum Gasteiger partial charge on any atom is -0.478 e. The molecule has 1 amide bonds. The fourth-order valence-corrected chi connectivity index (χ4v) is 6.89. The van der Waals surface area contributed by atoms with E-state index in [0.29, 0.717) is 5.56 Å².